The molecule has 0 amide bonds. The Balaban J connectivity index is 1.52. The molecule has 25 heavy (non-hydrogen) atoms. The van der Waals surface area contributed by atoms with E-state index in [2.05, 4.69) is 57.3 Å². The molecule has 0 saturated heterocycles. The fourth-order valence-electron chi connectivity index (χ4n) is 2.51. The van der Waals surface area contributed by atoms with Crippen LogP contribution in [0.2, 0.25) is 0 Å². The van der Waals surface area contributed by atoms with Crippen LogP contribution in [-0.2, 0) is 6.54 Å². The minimum absolute atomic E-state index is 0.722. The van der Waals surface area contributed by atoms with E-state index in [0.29, 0.717) is 0 Å². The lowest BCUT2D eigenvalue weighted by Crippen LogP contribution is -1.99. The van der Waals surface area contributed by atoms with Gasteiger partial charge in [-0.25, -0.2) is 4.98 Å². The van der Waals surface area contributed by atoms with E-state index in [-0.39, 0.29) is 0 Å². The normalized spacial score (nSPS) is 10.8. The van der Waals surface area contributed by atoms with Crippen LogP contribution in [0.3, 0.4) is 0 Å². The van der Waals surface area contributed by atoms with Gasteiger partial charge in [0.25, 0.3) is 0 Å². The first-order chi connectivity index (χ1) is 12.3. The van der Waals surface area contributed by atoms with E-state index >= 15 is 0 Å². The van der Waals surface area contributed by atoms with Gasteiger partial charge in [0.05, 0.1) is 5.69 Å². The van der Waals surface area contributed by atoms with Crippen LogP contribution in [-0.4, -0.2) is 15.2 Å². The predicted octanol–water partition coefficient (Wildman–Crippen LogP) is 5.25. The molecule has 0 aliphatic rings. The second kappa shape index (κ2) is 7.13. The van der Waals surface area contributed by atoms with Crippen molar-refractivity contribution in [3.63, 3.8) is 0 Å². The number of aryl methyl sites for hydroxylation is 1. The summed E-state index contributed by atoms with van der Waals surface area (Å²) in [5, 5.41) is 16.4. The fourth-order valence-corrected chi connectivity index (χ4v) is 3.92. The standard InChI is InChI=1S/C19H16N4S2/c1-13-22-23-19(25-13)20-11-14-6-5-9-16(10-14)18-21-17(12-24-18)15-7-3-2-4-8-15/h2-10,12H,11H2,1H3,(H,20,23). The second-order valence-corrected chi connectivity index (χ2v) is 7.62. The average Bonchev–Trinajstić information content (AvgIpc) is 3.30. The van der Waals surface area contributed by atoms with Gasteiger partial charge >= 0.3 is 0 Å². The number of benzene rings is 2. The van der Waals surface area contributed by atoms with Gasteiger partial charge in [-0.15, -0.1) is 21.5 Å². The third kappa shape index (κ3) is 3.75. The summed E-state index contributed by atoms with van der Waals surface area (Å²) in [5.74, 6) is 0. The van der Waals surface area contributed by atoms with Crippen molar-refractivity contribution in [3.05, 3.63) is 70.5 Å². The number of rotatable bonds is 5. The maximum absolute atomic E-state index is 4.79. The first kappa shape index (κ1) is 15.9. The van der Waals surface area contributed by atoms with Gasteiger partial charge in [0.15, 0.2) is 0 Å². The molecule has 4 aromatic rings. The van der Waals surface area contributed by atoms with Crippen molar-refractivity contribution in [1.82, 2.24) is 15.2 Å². The quantitative estimate of drug-likeness (QED) is 0.525. The predicted molar refractivity (Wildman–Crippen MR) is 105 cm³/mol. The van der Waals surface area contributed by atoms with Gasteiger partial charge in [-0.3, -0.25) is 0 Å². The fraction of sp³-hybridized carbons (Fsp3) is 0.105. The third-order valence-electron chi connectivity index (χ3n) is 3.72. The summed E-state index contributed by atoms with van der Waals surface area (Å²) in [5.41, 5.74) is 4.50. The van der Waals surface area contributed by atoms with E-state index in [4.69, 9.17) is 4.98 Å². The van der Waals surface area contributed by atoms with Crippen molar-refractivity contribution in [2.75, 3.05) is 5.32 Å². The van der Waals surface area contributed by atoms with Gasteiger partial charge in [-0.2, -0.15) is 0 Å². The third-order valence-corrected chi connectivity index (χ3v) is 5.41. The molecule has 0 saturated carbocycles. The van der Waals surface area contributed by atoms with Crippen LogP contribution in [0.4, 0.5) is 5.13 Å². The van der Waals surface area contributed by atoms with E-state index in [1.54, 1.807) is 22.7 Å². The van der Waals surface area contributed by atoms with Crippen molar-refractivity contribution < 1.29 is 0 Å². The molecule has 124 valence electrons. The summed E-state index contributed by atoms with van der Waals surface area (Å²) in [6.45, 7) is 2.68. The monoisotopic (exact) mass is 364 g/mol. The van der Waals surface area contributed by atoms with Crippen LogP contribution in [0.1, 0.15) is 10.6 Å². The van der Waals surface area contributed by atoms with Gasteiger partial charge in [-0.05, 0) is 18.6 Å². The second-order valence-electron chi connectivity index (χ2n) is 5.58. The zero-order valence-electron chi connectivity index (χ0n) is 13.6. The van der Waals surface area contributed by atoms with E-state index in [0.717, 1.165) is 38.5 Å². The molecule has 0 aliphatic heterocycles. The molecule has 4 nitrogen and oxygen atoms in total. The van der Waals surface area contributed by atoms with E-state index in [9.17, 15) is 0 Å². The van der Waals surface area contributed by atoms with Crippen LogP contribution < -0.4 is 5.32 Å². The Labute approximate surface area is 154 Å². The molecule has 6 heteroatoms. The first-order valence-corrected chi connectivity index (χ1v) is 9.62. The maximum atomic E-state index is 4.79. The summed E-state index contributed by atoms with van der Waals surface area (Å²) < 4.78 is 0. The van der Waals surface area contributed by atoms with Gasteiger partial charge in [0.2, 0.25) is 5.13 Å². The molecular formula is C19H16N4S2. The van der Waals surface area contributed by atoms with Crippen LogP contribution in [0.25, 0.3) is 21.8 Å². The molecule has 2 heterocycles. The zero-order chi connectivity index (χ0) is 17.1. The molecule has 0 fully saturated rings. The SMILES string of the molecule is Cc1nnc(NCc2cccc(-c3nc(-c4ccccc4)cs3)c2)s1. The van der Waals surface area contributed by atoms with Crippen LogP contribution in [0.15, 0.2) is 60.0 Å². The Morgan fingerprint density at radius 1 is 0.960 bits per heavy atom. The lowest BCUT2D eigenvalue weighted by Gasteiger charge is -2.04. The number of hydrogen-bond donors (Lipinski definition) is 1. The molecule has 1 N–H and O–H groups in total. The number of nitrogens with one attached hydrogen (secondary N) is 1. The number of anilines is 1. The topological polar surface area (TPSA) is 50.7 Å². The van der Waals surface area contributed by atoms with E-state index < -0.39 is 0 Å². The largest absolute Gasteiger partial charge is 0.356 e. The van der Waals surface area contributed by atoms with Crippen molar-refractivity contribution in [3.8, 4) is 21.8 Å². The molecule has 4 rings (SSSR count). The highest BCUT2D eigenvalue weighted by Crippen LogP contribution is 2.29. The minimum Gasteiger partial charge on any atom is -0.356 e. The summed E-state index contributed by atoms with van der Waals surface area (Å²) in [6, 6.07) is 18.7. The summed E-state index contributed by atoms with van der Waals surface area (Å²) in [6.07, 6.45) is 0. The minimum atomic E-state index is 0.722. The Kier molecular flexibility index (Phi) is 4.54. The molecule has 2 aromatic heterocycles. The number of aromatic nitrogens is 3. The van der Waals surface area contributed by atoms with Crippen molar-refractivity contribution in [2.24, 2.45) is 0 Å². The Morgan fingerprint density at radius 3 is 2.60 bits per heavy atom. The molecular weight excluding hydrogens is 348 g/mol. The molecule has 0 bridgehead atoms. The number of nitrogens with zero attached hydrogens (tertiary/aromatic N) is 3. The van der Waals surface area contributed by atoms with Gasteiger partial charge in [-0.1, -0.05) is 59.9 Å². The Bertz CT molecular complexity index is 976. The molecule has 0 aliphatic carbocycles. The highest BCUT2D eigenvalue weighted by Gasteiger charge is 2.07. The number of thiazole rings is 1. The lowest BCUT2D eigenvalue weighted by molar-refractivity contribution is 1.02. The smallest absolute Gasteiger partial charge is 0.205 e. The van der Waals surface area contributed by atoms with Crippen molar-refractivity contribution in [2.45, 2.75) is 13.5 Å². The van der Waals surface area contributed by atoms with Crippen molar-refractivity contribution >= 4 is 27.8 Å². The summed E-state index contributed by atoms with van der Waals surface area (Å²) in [4.78, 5) is 4.79. The average molecular weight is 364 g/mol. The molecule has 0 radical (unpaired) electrons. The maximum Gasteiger partial charge on any atom is 0.205 e. The first-order valence-electron chi connectivity index (χ1n) is 7.92. The van der Waals surface area contributed by atoms with Crippen molar-refractivity contribution in [1.29, 1.82) is 0 Å². The zero-order valence-corrected chi connectivity index (χ0v) is 15.3. The Hall–Kier alpha value is -2.57. The summed E-state index contributed by atoms with van der Waals surface area (Å²) >= 11 is 3.24. The highest BCUT2D eigenvalue weighted by molar-refractivity contribution is 7.15. The van der Waals surface area contributed by atoms with Gasteiger partial charge in [0, 0.05) is 23.1 Å². The molecule has 0 unspecified atom stereocenters. The van der Waals surface area contributed by atoms with Crippen LogP contribution in [0.5, 0.6) is 0 Å². The van der Waals surface area contributed by atoms with Crippen LogP contribution >= 0.6 is 22.7 Å². The van der Waals surface area contributed by atoms with Gasteiger partial charge < -0.3 is 5.32 Å². The Morgan fingerprint density at radius 2 is 1.80 bits per heavy atom. The summed E-state index contributed by atoms with van der Waals surface area (Å²) in [7, 11) is 0. The van der Waals surface area contributed by atoms with Gasteiger partial charge in [0.1, 0.15) is 10.0 Å². The lowest BCUT2D eigenvalue weighted by atomic mass is 10.1. The highest BCUT2D eigenvalue weighted by atomic mass is 32.1. The molecule has 0 spiro atoms. The number of hydrogen-bond acceptors (Lipinski definition) is 6. The van der Waals surface area contributed by atoms with E-state index in [1.165, 1.54) is 5.56 Å². The molecule has 2 aromatic carbocycles. The van der Waals surface area contributed by atoms with E-state index in [1.807, 2.05) is 25.1 Å². The van der Waals surface area contributed by atoms with Crippen LogP contribution in [0, 0.1) is 6.92 Å². The molecule has 0 atom stereocenters.